The average Bonchev–Trinajstić information content (AvgIpc) is 2.34. The molecular formula is C6H9NO3. The van der Waals surface area contributed by atoms with E-state index in [0.717, 1.165) is 0 Å². The Kier molecular flexibility index (Phi) is 1.91. The molecule has 0 spiro atoms. The fraction of sp³-hybridized carbons (Fsp3) is 0.500. The van der Waals surface area contributed by atoms with Crippen molar-refractivity contribution in [1.29, 1.82) is 0 Å². The summed E-state index contributed by atoms with van der Waals surface area (Å²) >= 11 is 0. The fourth-order valence-corrected chi connectivity index (χ4v) is 0.704. The summed E-state index contributed by atoms with van der Waals surface area (Å²) in [6.07, 6.45) is 1.55. The molecule has 0 aromatic rings. The van der Waals surface area contributed by atoms with Crippen LogP contribution >= 0.6 is 0 Å². The lowest BCUT2D eigenvalue weighted by Gasteiger charge is -1.98. The number of ether oxygens (including phenoxy) is 2. The van der Waals surface area contributed by atoms with Gasteiger partial charge in [0.2, 0.25) is 5.76 Å². The second-order valence-corrected chi connectivity index (χ2v) is 2.00. The smallest absolute Gasteiger partial charge is 0.373 e. The van der Waals surface area contributed by atoms with Crippen LogP contribution in [0.25, 0.3) is 0 Å². The van der Waals surface area contributed by atoms with Crippen molar-refractivity contribution in [2.24, 2.45) is 5.73 Å². The van der Waals surface area contributed by atoms with Gasteiger partial charge in [-0.3, -0.25) is 0 Å². The number of hydrogen-bond acceptors (Lipinski definition) is 4. The Hall–Kier alpha value is -1.03. The molecule has 0 saturated heterocycles. The summed E-state index contributed by atoms with van der Waals surface area (Å²) in [7, 11) is 1.30. The van der Waals surface area contributed by atoms with Gasteiger partial charge in [0.05, 0.1) is 13.2 Å². The summed E-state index contributed by atoms with van der Waals surface area (Å²) in [5, 5.41) is 0. The van der Waals surface area contributed by atoms with E-state index in [2.05, 4.69) is 4.74 Å². The zero-order valence-corrected chi connectivity index (χ0v) is 5.66. The molecule has 1 aliphatic rings. The van der Waals surface area contributed by atoms with Crippen molar-refractivity contribution in [3.63, 3.8) is 0 Å². The summed E-state index contributed by atoms with van der Waals surface area (Å²) < 4.78 is 9.27. The average molecular weight is 143 g/mol. The molecule has 0 saturated carbocycles. The van der Waals surface area contributed by atoms with Crippen molar-refractivity contribution >= 4 is 5.97 Å². The summed E-state index contributed by atoms with van der Waals surface area (Å²) in [6.45, 7) is 0.366. The van der Waals surface area contributed by atoms with E-state index < -0.39 is 5.97 Å². The van der Waals surface area contributed by atoms with Crippen LogP contribution in [0.15, 0.2) is 11.8 Å². The molecule has 0 amide bonds. The van der Waals surface area contributed by atoms with Gasteiger partial charge in [0.25, 0.3) is 0 Å². The molecule has 1 heterocycles. The van der Waals surface area contributed by atoms with Crippen LogP contribution in [-0.4, -0.2) is 25.7 Å². The lowest BCUT2D eigenvalue weighted by Crippen LogP contribution is -2.17. The molecule has 0 aromatic carbocycles. The van der Waals surface area contributed by atoms with Crippen molar-refractivity contribution in [3.05, 3.63) is 11.8 Å². The fourth-order valence-electron chi connectivity index (χ4n) is 0.704. The van der Waals surface area contributed by atoms with Crippen molar-refractivity contribution in [2.75, 3.05) is 13.7 Å². The molecule has 2 N–H and O–H groups in total. The Morgan fingerprint density at radius 2 is 2.70 bits per heavy atom. The molecular weight excluding hydrogens is 134 g/mol. The van der Waals surface area contributed by atoms with E-state index in [9.17, 15) is 4.79 Å². The Morgan fingerprint density at radius 1 is 2.00 bits per heavy atom. The van der Waals surface area contributed by atoms with Gasteiger partial charge in [-0.15, -0.1) is 0 Å². The zero-order valence-electron chi connectivity index (χ0n) is 5.66. The molecule has 0 fully saturated rings. The SMILES string of the molecule is COC(=O)C1=C[C@H](N)CO1. The highest BCUT2D eigenvalue weighted by molar-refractivity contribution is 5.86. The zero-order chi connectivity index (χ0) is 7.56. The molecule has 0 unspecified atom stereocenters. The molecule has 0 aromatic heterocycles. The highest BCUT2D eigenvalue weighted by Gasteiger charge is 2.19. The van der Waals surface area contributed by atoms with E-state index in [1.807, 2.05) is 0 Å². The van der Waals surface area contributed by atoms with Crippen molar-refractivity contribution in [1.82, 2.24) is 0 Å². The lowest BCUT2D eigenvalue weighted by molar-refractivity contribution is -0.139. The maximum absolute atomic E-state index is 10.7. The molecule has 56 valence electrons. The first kappa shape index (κ1) is 7.08. The number of carbonyl (C=O) groups excluding carboxylic acids is 1. The summed E-state index contributed by atoms with van der Waals surface area (Å²) in [5.41, 5.74) is 5.41. The number of nitrogens with two attached hydrogens (primary N) is 1. The molecule has 0 bridgehead atoms. The second-order valence-electron chi connectivity index (χ2n) is 2.00. The number of esters is 1. The van der Waals surface area contributed by atoms with Gasteiger partial charge >= 0.3 is 5.97 Å². The Morgan fingerprint density at radius 3 is 3.10 bits per heavy atom. The molecule has 4 heteroatoms. The minimum Gasteiger partial charge on any atom is -0.485 e. The quantitative estimate of drug-likeness (QED) is 0.498. The maximum atomic E-state index is 10.7. The predicted octanol–water partition coefficient (Wildman–Crippen LogP) is -0.599. The van der Waals surface area contributed by atoms with E-state index >= 15 is 0 Å². The van der Waals surface area contributed by atoms with Crippen LogP contribution in [0.5, 0.6) is 0 Å². The van der Waals surface area contributed by atoms with Gasteiger partial charge in [-0.25, -0.2) is 4.79 Å². The monoisotopic (exact) mass is 143 g/mol. The topological polar surface area (TPSA) is 61.5 Å². The van der Waals surface area contributed by atoms with Crippen molar-refractivity contribution in [3.8, 4) is 0 Å². The lowest BCUT2D eigenvalue weighted by atomic mass is 10.3. The molecule has 0 aliphatic carbocycles. The second kappa shape index (κ2) is 2.70. The standard InChI is InChI=1S/C6H9NO3/c1-9-6(8)5-2-4(7)3-10-5/h2,4H,3,7H2,1H3/t4-/m0/s1. The summed E-state index contributed by atoms with van der Waals surface area (Å²) in [6, 6.07) is -0.172. The van der Waals surface area contributed by atoms with Gasteiger partial charge in [0.1, 0.15) is 6.61 Å². The first-order chi connectivity index (χ1) is 4.74. The van der Waals surface area contributed by atoms with Crippen LogP contribution in [0, 0.1) is 0 Å². The highest BCUT2D eigenvalue weighted by atomic mass is 16.6. The van der Waals surface area contributed by atoms with Gasteiger partial charge in [0.15, 0.2) is 0 Å². The first-order valence-corrected chi connectivity index (χ1v) is 2.92. The van der Waals surface area contributed by atoms with E-state index in [1.165, 1.54) is 7.11 Å². The molecule has 1 atom stereocenters. The first-order valence-electron chi connectivity index (χ1n) is 2.92. The third-order valence-corrected chi connectivity index (χ3v) is 1.18. The molecule has 4 nitrogen and oxygen atoms in total. The number of methoxy groups -OCH3 is 1. The van der Waals surface area contributed by atoms with E-state index in [0.29, 0.717) is 6.61 Å². The van der Waals surface area contributed by atoms with Gasteiger partial charge < -0.3 is 15.2 Å². The van der Waals surface area contributed by atoms with Crippen molar-refractivity contribution in [2.45, 2.75) is 6.04 Å². The largest absolute Gasteiger partial charge is 0.485 e. The molecule has 10 heavy (non-hydrogen) atoms. The minimum absolute atomic E-state index is 0.172. The Bertz CT molecular complexity index is 176. The molecule has 0 radical (unpaired) electrons. The minimum atomic E-state index is -0.465. The van der Waals surface area contributed by atoms with Crippen molar-refractivity contribution < 1.29 is 14.3 Å². The number of carbonyl (C=O) groups is 1. The van der Waals surface area contributed by atoms with Gasteiger partial charge in [-0.2, -0.15) is 0 Å². The van der Waals surface area contributed by atoms with Gasteiger partial charge in [-0.1, -0.05) is 0 Å². The van der Waals surface area contributed by atoms with Crippen LogP contribution < -0.4 is 5.73 Å². The van der Waals surface area contributed by atoms with E-state index in [4.69, 9.17) is 10.5 Å². The summed E-state index contributed by atoms with van der Waals surface area (Å²) in [4.78, 5) is 10.7. The number of hydrogen-bond donors (Lipinski definition) is 1. The van der Waals surface area contributed by atoms with Gasteiger partial charge in [0, 0.05) is 0 Å². The number of rotatable bonds is 1. The highest BCUT2D eigenvalue weighted by Crippen LogP contribution is 2.08. The van der Waals surface area contributed by atoms with Crippen LogP contribution in [-0.2, 0) is 14.3 Å². The Labute approximate surface area is 58.6 Å². The van der Waals surface area contributed by atoms with Gasteiger partial charge in [-0.05, 0) is 6.08 Å². The normalized spacial score (nSPS) is 23.4. The third-order valence-electron chi connectivity index (χ3n) is 1.18. The third kappa shape index (κ3) is 1.27. The van der Waals surface area contributed by atoms with Crippen LogP contribution in [0.3, 0.4) is 0 Å². The van der Waals surface area contributed by atoms with E-state index in [1.54, 1.807) is 6.08 Å². The van der Waals surface area contributed by atoms with Crippen LogP contribution in [0.2, 0.25) is 0 Å². The Balaban J connectivity index is 2.57. The van der Waals surface area contributed by atoms with Crippen LogP contribution in [0.4, 0.5) is 0 Å². The van der Waals surface area contributed by atoms with E-state index in [-0.39, 0.29) is 11.8 Å². The maximum Gasteiger partial charge on any atom is 0.373 e. The van der Waals surface area contributed by atoms with Crippen LogP contribution in [0.1, 0.15) is 0 Å². The predicted molar refractivity (Wildman–Crippen MR) is 34.0 cm³/mol. The molecule has 1 rings (SSSR count). The summed E-state index contributed by atoms with van der Waals surface area (Å²) in [5.74, 6) is -0.247. The molecule has 1 aliphatic heterocycles.